The molecule has 1 aliphatic carbocycles. The summed E-state index contributed by atoms with van der Waals surface area (Å²) in [5.74, 6) is -1.18. The molecule has 3 unspecified atom stereocenters. The molecule has 3 atom stereocenters. The predicted molar refractivity (Wildman–Crippen MR) is 77.6 cm³/mol. The molecule has 110 valence electrons. The first-order valence-corrected chi connectivity index (χ1v) is 7.86. The molecule has 0 spiro atoms. The smallest absolute Gasteiger partial charge is 0.0867 e. The van der Waals surface area contributed by atoms with Gasteiger partial charge in [0.15, 0.2) is 0 Å². The van der Waals surface area contributed by atoms with Crippen molar-refractivity contribution in [2.24, 2.45) is 0 Å². The third-order valence-corrected chi connectivity index (χ3v) is 6.22. The summed E-state index contributed by atoms with van der Waals surface area (Å²) in [5.41, 5.74) is 0.0105. The van der Waals surface area contributed by atoms with Crippen LogP contribution in [0.1, 0.15) is 38.5 Å². The summed E-state index contributed by atoms with van der Waals surface area (Å²) in [7, 11) is 2.11. The lowest BCUT2D eigenvalue weighted by Crippen LogP contribution is -2.60. The molecule has 2 saturated heterocycles. The standard InChI is InChI=1S/C15H19Cl2NO2/c1-18-12-3-2-5-15(18,6-4-12)14(17)8-10(13(19)20)7-11(16)9-14/h7,9,12H,2-6,8H2,1H3,(H,19,20)/p-1. The van der Waals surface area contributed by atoms with E-state index in [2.05, 4.69) is 11.9 Å². The minimum atomic E-state index is -1.18. The van der Waals surface area contributed by atoms with E-state index in [1.165, 1.54) is 12.5 Å². The summed E-state index contributed by atoms with van der Waals surface area (Å²) in [5, 5.41) is 11.6. The molecule has 2 heterocycles. The molecule has 0 aromatic rings. The Balaban J connectivity index is 2.01. The van der Waals surface area contributed by atoms with Crippen molar-refractivity contribution in [3.05, 3.63) is 22.8 Å². The van der Waals surface area contributed by atoms with Gasteiger partial charge in [-0.15, -0.1) is 11.6 Å². The van der Waals surface area contributed by atoms with Gasteiger partial charge in [-0.05, 0) is 63.3 Å². The number of hydrogen-bond acceptors (Lipinski definition) is 3. The fourth-order valence-corrected chi connectivity index (χ4v) is 5.30. The number of hydrogen-bond donors (Lipinski definition) is 0. The highest BCUT2D eigenvalue weighted by Crippen LogP contribution is 2.55. The van der Waals surface area contributed by atoms with Crippen LogP contribution in [0.3, 0.4) is 0 Å². The number of piperidine rings is 1. The number of carbonyl (C=O) groups excluding carboxylic acids is 1. The lowest BCUT2D eigenvalue weighted by atomic mass is 9.72. The van der Waals surface area contributed by atoms with Crippen molar-refractivity contribution in [3.8, 4) is 0 Å². The van der Waals surface area contributed by atoms with E-state index < -0.39 is 10.8 Å². The molecule has 3 aliphatic rings. The molecule has 0 radical (unpaired) electrons. The maximum absolute atomic E-state index is 11.2. The summed E-state index contributed by atoms with van der Waals surface area (Å²) in [6, 6.07) is 0.559. The molecule has 0 N–H and O–H groups in total. The average molecular weight is 315 g/mol. The Morgan fingerprint density at radius 2 is 2.20 bits per heavy atom. The molecule has 0 amide bonds. The summed E-state index contributed by atoms with van der Waals surface area (Å²) in [6.07, 6.45) is 9.04. The normalized spacial score (nSPS) is 41.2. The van der Waals surface area contributed by atoms with Crippen LogP contribution in [0.25, 0.3) is 0 Å². The van der Waals surface area contributed by atoms with E-state index >= 15 is 0 Å². The Morgan fingerprint density at radius 3 is 2.90 bits per heavy atom. The van der Waals surface area contributed by atoms with Crippen molar-refractivity contribution in [2.75, 3.05) is 7.05 Å². The number of allylic oxidation sites excluding steroid dienone is 2. The summed E-state index contributed by atoms with van der Waals surface area (Å²) < 4.78 is 0. The molecule has 2 bridgehead atoms. The number of alkyl halides is 1. The second-order valence-electron chi connectivity index (χ2n) is 6.25. The van der Waals surface area contributed by atoms with Crippen LogP contribution in [-0.2, 0) is 4.79 Å². The van der Waals surface area contributed by atoms with E-state index in [1.807, 2.05) is 6.08 Å². The molecule has 5 heteroatoms. The Labute approximate surface area is 129 Å². The third kappa shape index (κ3) is 1.94. The molecule has 0 saturated carbocycles. The van der Waals surface area contributed by atoms with Gasteiger partial charge in [-0.3, -0.25) is 4.90 Å². The Kier molecular flexibility index (Phi) is 3.43. The highest BCUT2D eigenvalue weighted by Gasteiger charge is 2.58. The average Bonchev–Trinajstić information content (AvgIpc) is 2.59. The number of aliphatic carboxylic acids is 1. The van der Waals surface area contributed by atoms with Gasteiger partial charge in [-0.1, -0.05) is 11.6 Å². The van der Waals surface area contributed by atoms with Gasteiger partial charge in [-0.2, -0.15) is 0 Å². The number of carboxylic acids is 1. The monoisotopic (exact) mass is 314 g/mol. The van der Waals surface area contributed by atoms with Gasteiger partial charge in [0.1, 0.15) is 0 Å². The molecule has 2 fully saturated rings. The number of rotatable bonds is 2. The van der Waals surface area contributed by atoms with Gasteiger partial charge in [-0.25, -0.2) is 0 Å². The van der Waals surface area contributed by atoms with E-state index in [-0.39, 0.29) is 17.5 Å². The fraction of sp³-hybridized carbons (Fsp3) is 0.667. The number of nitrogens with zero attached hydrogens (tertiary/aromatic N) is 1. The van der Waals surface area contributed by atoms with Gasteiger partial charge < -0.3 is 9.90 Å². The van der Waals surface area contributed by atoms with Crippen molar-refractivity contribution < 1.29 is 9.90 Å². The minimum Gasteiger partial charge on any atom is -0.545 e. The number of fused-ring (bicyclic) bond motifs is 2. The maximum Gasteiger partial charge on any atom is 0.0867 e. The van der Waals surface area contributed by atoms with E-state index in [1.54, 1.807) is 0 Å². The Morgan fingerprint density at radius 1 is 1.45 bits per heavy atom. The highest BCUT2D eigenvalue weighted by molar-refractivity contribution is 6.34. The molecule has 0 aromatic heterocycles. The molecule has 2 aliphatic heterocycles. The SMILES string of the molecule is CN1C2CCCC1(C1(Cl)C=C(Cl)C=C(C(=O)[O-])C1)CC2. The van der Waals surface area contributed by atoms with E-state index in [0.717, 1.165) is 25.7 Å². The van der Waals surface area contributed by atoms with Crippen LogP contribution in [0.4, 0.5) is 0 Å². The minimum absolute atomic E-state index is 0.188. The highest BCUT2D eigenvalue weighted by atomic mass is 35.5. The third-order valence-electron chi connectivity index (χ3n) is 5.40. The van der Waals surface area contributed by atoms with Crippen LogP contribution in [0.2, 0.25) is 0 Å². The van der Waals surface area contributed by atoms with Crippen LogP contribution in [0.15, 0.2) is 22.8 Å². The van der Waals surface area contributed by atoms with Crippen LogP contribution in [0, 0.1) is 0 Å². The lowest BCUT2D eigenvalue weighted by molar-refractivity contribution is -0.299. The fourth-order valence-electron chi connectivity index (χ4n) is 4.34. The molecule has 0 aromatic carbocycles. The van der Waals surface area contributed by atoms with Crippen molar-refractivity contribution >= 4 is 29.2 Å². The van der Waals surface area contributed by atoms with Gasteiger partial charge in [0.25, 0.3) is 0 Å². The quantitative estimate of drug-likeness (QED) is 0.734. The lowest BCUT2D eigenvalue weighted by Gasteiger charge is -2.52. The van der Waals surface area contributed by atoms with Gasteiger partial charge in [0.2, 0.25) is 0 Å². The first-order chi connectivity index (χ1) is 9.38. The second-order valence-corrected chi connectivity index (χ2v) is 7.36. The zero-order valence-electron chi connectivity index (χ0n) is 11.5. The zero-order chi connectivity index (χ0) is 14.5. The molecular formula is C15H18Cl2NO2-. The van der Waals surface area contributed by atoms with Crippen LogP contribution in [0.5, 0.6) is 0 Å². The van der Waals surface area contributed by atoms with Gasteiger partial charge in [0, 0.05) is 16.6 Å². The van der Waals surface area contributed by atoms with Crippen molar-refractivity contribution in [1.82, 2.24) is 4.90 Å². The topological polar surface area (TPSA) is 43.4 Å². The van der Waals surface area contributed by atoms with Crippen LogP contribution < -0.4 is 5.11 Å². The van der Waals surface area contributed by atoms with E-state index in [9.17, 15) is 9.90 Å². The second kappa shape index (κ2) is 4.75. The predicted octanol–water partition coefficient (Wildman–Crippen LogP) is 2.18. The first kappa shape index (κ1) is 14.4. The molecule has 20 heavy (non-hydrogen) atoms. The summed E-state index contributed by atoms with van der Waals surface area (Å²) in [6.45, 7) is 0. The Hall–Kier alpha value is -0.510. The summed E-state index contributed by atoms with van der Waals surface area (Å²) >= 11 is 13.1. The van der Waals surface area contributed by atoms with Gasteiger partial charge in [0.05, 0.1) is 10.8 Å². The van der Waals surface area contributed by atoms with E-state index in [4.69, 9.17) is 23.2 Å². The number of carbonyl (C=O) groups is 1. The van der Waals surface area contributed by atoms with Crippen LogP contribution in [-0.4, -0.2) is 34.4 Å². The van der Waals surface area contributed by atoms with Crippen molar-refractivity contribution in [1.29, 1.82) is 0 Å². The molecular weight excluding hydrogens is 297 g/mol. The molecule has 3 nitrogen and oxygen atoms in total. The largest absolute Gasteiger partial charge is 0.545 e. The van der Waals surface area contributed by atoms with Gasteiger partial charge >= 0.3 is 0 Å². The number of carboxylic acid groups (broad SMARTS) is 1. The Bertz CT molecular complexity index is 512. The number of halogens is 2. The maximum atomic E-state index is 11.2. The molecule has 3 rings (SSSR count). The van der Waals surface area contributed by atoms with Crippen molar-refractivity contribution in [2.45, 2.75) is 55.0 Å². The van der Waals surface area contributed by atoms with E-state index in [0.29, 0.717) is 11.1 Å². The van der Waals surface area contributed by atoms with Crippen LogP contribution >= 0.6 is 23.2 Å². The zero-order valence-corrected chi connectivity index (χ0v) is 13.0. The summed E-state index contributed by atoms with van der Waals surface area (Å²) in [4.78, 5) is 12.8. The van der Waals surface area contributed by atoms with Crippen molar-refractivity contribution in [3.63, 3.8) is 0 Å². The first-order valence-electron chi connectivity index (χ1n) is 7.10.